The maximum absolute atomic E-state index is 15.0. The van der Waals surface area contributed by atoms with E-state index in [-0.39, 0.29) is 49.1 Å². The number of nitrogens with one attached hydrogen (secondary N) is 1. The lowest BCUT2D eigenvalue weighted by Crippen LogP contribution is -2.48. The Labute approximate surface area is 297 Å². The number of fused-ring (bicyclic) bond motifs is 2. The Morgan fingerprint density at radius 3 is 2.78 bits per heavy atom. The highest BCUT2D eigenvalue weighted by atomic mass is 19.1. The molecule has 1 aliphatic carbocycles. The van der Waals surface area contributed by atoms with Gasteiger partial charge in [-0.3, -0.25) is 9.78 Å². The third kappa shape index (κ3) is 7.09. The molecule has 1 unspecified atom stereocenters. The van der Waals surface area contributed by atoms with Crippen LogP contribution in [0.5, 0.6) is 6.01 Å². The molecule has 2 saturated heterocycles. The van der Waals surface area contributed by atoms with E-state index in [9.17, 15) is 14.3 Å². The van der Waals surface area contributed by atoms with Gasteiger partial charge in [-0.05, 0) is 68.9 Å². The SMILES string of the molecule is C#Cc1c(F)ccc2c1N([C@@H]1CCc3c(nc(OC[C@]4(C)C[C@@H](F)CN4c4ccncc4)nc3N3CCCCC(NC(=O)C=C)C3)C1)C[C@@H](O)C2. The number of carbonyl (C=O) groups is 1. The summed E-state index contributed by atoms with van der Waals surface area (Å²) in [7, 11) is 0. The number of β-amino-alcohol motifs (C(OH)–C–C–N with tert-alkyl or cyclic N) is 1. The summed E-state index contributed by atoms with van der Waals surface area (Å²) in [6.45, 7) is 7.67. The number of amides is 1. The molecule has 0 radical (unpaired) electrons. The number of aliphatic hydroxyl groups is 1. The minimum Gasteiger partial charge on any atom is -0.461 e. The number of rotatable bonds is 8. The number of pyridine rings is 1. The summed E-state index contributed by atoms with van der Waals surface area (Å²) in [5.41, 5.74) is 3.75. The summed E-state index contributed by atoms with van der Waals surface area (Å²) in [6, 6.07) is 6.85. The molecule has 12 heteroatoms. The van der Waals surface area contributed by atoms with Gasteiger partial charge in [0.2, 0.25) is 5.91 Å². The highest BCUT2D eigenvalue weighted by Crippen LogP contribution is 2.40. The van der Waals surface area contributed by atoms with Crippen LogP contribution in [-0.2, 0) is 24.1 Å². The number of aliphatic hydroxyl groups excluding tert-OH is 1. The molecule has 4 aliphatic rings. The summed E-state index contributed by atoms with van der Waals surface area (Å²) < 4.78 is 36.4. The Kier molecular flexibility index (Phi) is 9.84. The molecule has 2 N–H and O–H groups in total. The largest absolute Gasteiger partial charge is 0.461 e. The minimum atomic E-state index is -1.02. The number of nitrogens with zero attached hydrogens (tertiary/aromatic N) is 6. The summed E-state index contributed by atoms with van der Waals surface area (Å²) in [5.74, 6) is 2.67. The standard InChI is InChI=1S/C39H45F2N7O3/c1-4-31-33(41)12-9-25-18-30(49)23-47(36(25)31)29-10-11-32-34(19-29)44-38(45-37(32)46-17-7-6-8-27(22-46)43-35(50)5-2)51-24-39(3)20-26(40)21-48(39)28-13-15-42-16-14-28/h1,5,9,12-16,26-27,29-30,49H,2,6-8,10-11,17-24H2,3H3,(H,43,50)/t26-,27?,29-,30+,39+/m1/s1. The van der Waals surface area contributed by atoms with Gasteiger partial charge in [-0.1, -0.05) is 18.6 Å². The summed E-state index contributed by atoms with van der Waals surface area (Å²) >= 11 is 0. The average Bonchev–Trinajstić information content (AvgIpc) is 3.27. The molecule has 5 heterocycles. The molecule has 7 rings (SSSR count). The van der Waals surface area contributed by atoms with Crippen LogP contribution in [0.15, 0.2) is 49.3 Å². The fraction of sp³-hybridized carbons (Fsp3) is 0.487. The lowest BCUT2D eigenvalue weighted by Gasteiger charge is -2.42. The molecule has 1 aromatic carbocycles. The number of anilines is 3. The first-order valence-corrected chi connectivity index (χ1v) is 17.9. The third-order valence-electron chi connectivity index (χ3n) is 10.8. The molecule has 2 fully saturated rings. The van der Waals surface area contributed by atoms with Crippen LogP contribution >= 0.6 is 0 Å². The van der Waals surface area contributed by atoms with Gasteiger partial charge >= 0.3 is 6.01 Å². The molecule has 3 aliphatic heterocycles. The number of ether oxygens (including phenoxy) is 1. The first-order valence-electron chi connectivity index (χ1n) is 17.9. The highest BCUT2D eigenvalue weighted by Gasteiger charge is 2.44. The smallest absolute Gasteiger partial charge is 0.318 e. The number of alkyl halides is 1. The van der Waals surface area contributed by atoms with Gasteiger partial charge in [0, 0.05) is 81.2 Å². The van der Waals surface area contributed by atoms with Crippen molar-refractivity contribution < 1.29 is 23.4 Å². The Hall–Kier alpha value is -4.76. The molecule has 0 spiro atoms. The number of benzene rings is 1. The van der Waals surface area contributed by atoms with Crippen molar-refractivity contribution in [2.75, 3.05) is 47.5 Å². The van der Waals surface area contributed by atoms with Gasteiger partial charge in [-0.25, -0.2) is 8.78 Å². The second-order valence-electron chi connectivity index (χ2n) is 14.5. The van der Waals surface area contributed by atoms with Gasteiger partial charge in [0.05, 0.1) is 28.6 Å². The number of carbonyl (C=O) groups excluding carboxylic acids is 1. The van der Waals surface area contributed by atoms with E-state index in [4.69, 9.17) is 21.1 Å². The van der Waals surface area contributed by atoms with Crippen LogP contribution in [0.25, 0.3) is 0 Å². The normalized spacial score (nSPS) is 26.1. The fourth-order valence-corrected chi connectivity index (χ4v) is 8.44. The highest BCUT2D eigenvalue weighted by molar-refractivity contribution is 5.87. The molecular weight excluding hydrogens is 652 g/mol. The zero-order chi connectivity index (χ0) is 35.7. The molecule has 1 amide bonds. The van der Waals surface area contributed by atoms with Crippen molar-refractivity contribution in [3.8, 4) is 18.4 Å². The second kappa shape index (κ2) is 14.5. The predicted octanol–water partition coefficient (Wildman–Crippen LogP) is 4.32. The van der Waals surface area contributed by atoms with E-state index >= 15 is 4.39 Å². The maximum atomic E-state index is 15.0. The van der Waals surface area contributed by atoms with Crippen molar-refractivity contribution in [3.63, 3.8) is 0 Å². The van der Waals surface area contributed by atoms with Crippen molar-refractivity contribution in [1.29, 1.82) is 0 Å². The molecule has 3 aromatic rings. The number of hydrogen-bond donors (Lipinski definition) is 2. The van der Waals surface area contributed by atoms with Crippen LogP contribution in [0, 0.1) is 18.2 Å². The van der Waals surface area contributed by atoms with E-state index in [0.717, 1.165) is 60.6 Å². The Balaban J connectivity index is 1.23. The monoisotopic (exact) mass is 697 g/mol. The third-order valence-corrected chi connectivity index (χ3v) is 10.8. The first kappa shape index (κ1) is 34.7. The van der Waals surface area contributed by atoms with Gasteiger partial charge in [-0.15, -0.1) is 6.42 Å². The molecule has 0 saturated carbocycles. The van der Waals surface area contributed by atoms with Gasteiger partial charge in [0.15, 0.2) is 0 Å². The van der Waals surface area contributed by atoms with E-state index in [1.165, 1.54) is 12.1 Å². The van der Waals surface area contributed by atoms with Crippen LogP contribution in [-0.4, -0.2) is 88.6 Å². The summed E-state index contributed by atoms with van der Waals surface area (Å²) in [4.78, 5) is 32.7. The Bertz CT molecular complexity index is 1820. The number of terminal acetylenes is 1. The van der Waals surface area contributed by atoms with Crippen LogP contribution < -0.4 is 24.8 Å². The van der Waals surface area contributed by atoms with Gasteiger partial charge < -0.3 is 29.9 Å². The van der Waals surface area contributed by atoms with E-state index in [0.29, 0.717) is 38.0 Å². The zero-order valence-electron chi connectivity index (χ0n) is 29.0. The Morgan fingerprint density at radius 2 is 2.00 bits per heavy atom. The molecule has 5 atom stereocenters. The fourth-order valence-electron chi connectivity index (χ4n) is 8.44. The number of halogens is 2. The van der Waals surface area contributed by atoms with Crippen molar-refractivity contribution in [2.24, 2.45) is 0 Å². The van der Waals surface area contributed by atoms with Crippen molar-refractivity contribution >= 4 is 23.1 Å². The minimum absolute atomic E-state index is 0.0828. The summed E-state index contributed by atoms with van der Waals surface area (Å²) in [6.07, 6.45) is 14.2. The van der Waals surface area contributed by atoms with Crippen LogP contribution in [0.3, 0.4) is 0 Å². The molecule has 51 heavy (non-hydrogen) atoms. The van der Waals surface area contributed by atoms with Crippen molar-refractivity contribution in [3.05, 3.63) is 77.5 Å². The lowest BCUT2D eigenvalue weighted by molar-refractivity contribution is -0.117. The molecule has 10 nitrogen and oxygen atoms in total. The van der Waals surface area contributed by atoms with Crippen LogP contribution in [0.4, 0.5) is 26.0 Å². The predicted molar refractivity (Wildman–Crippen MR) is 192 cm³/mol. The van der Waals surface area contributed by atoms with E-state index < -0.39 is 23.6 Å². The zero-order valence-corrected chi connectivity index (χ0v) is 29.0. The van der Waals surface area contributed by atoms with Gasteiger partial charge in [-0.2, -0.15) is 9.97 Å². The number of hydrogen-bond acceptors (Lipinski definition) is 9. The van der Waals surface area contributed by atoms with Crippen molar-refractivity contribution in [2.45, 2.75) is 88.2 Å². The van der Waals surface area contributed by atoms with Crippen molar-refractivity contribution in [1.82, 2.24) is 20.3 Å². The quantitative estimate of drug-likeness (QED) is 0.263. The lowest BCUT2D eigenvalue weighted by atomic mass is 9.87. The Morgan fingerprint density at radius 1 is 1.18 bits per heavy atom. The number of aromatic nitrogens is 3. The topological polar surface area (TPSA) is 107 Å². The maximum Gasteiger partial charge on any atom is 0.318 e. The van der Waals surface area contributed by atoms with Crippen LogP contribution in [0.2, 0.25) is 0 Å². The molecular formula is C39H45F2N7O3. The first-order chi connectivity index (χ1) is 24.7. The average molecular weight is 698 g/mol. The molecule has 2 aromatic heterocycles. The van der Waals surface area contributed by atoms with E-state index in [1.54, 1.807) is 18.5 Å². The van der Waals surface area contributed by atoms with Crippen LogP contribution in [0.1, 0.15) is 61.4 Å². The van der Waals surface area contributed by atoms with Gasteiger partial charge in [0.25, 0.3) is 0 Å². The van der Waals surface area contributed by atoms with Gasteiger partial charge in [0.1, 0.15) is 24.4 Å². The van der Waals surface area contributed by atoms with E-state index in [1.807, 2.05) is 24.0 Å². The van der Waals surface area contributed by atoms with E-state index in [2.05, 4.69) is 32.6 Å². The second-order valence-corrected chi connectivity index (χ2v) is 14.5. The molecule has 0 bridgehead atoms. The molecule has 268 valence electrons. The summed E-state index contributed by atoms with van der Waals surface area (Å²) in [5, 5.41) is 14.0.